The number of carboxylic acid groups (broad SMARTS) is 1. The molecule has 3 N–H and O–H groups in total. The van der Waals surface area contributed by atoms with Gasteiger partial charge >= 0.3 is 12.3 Å². The molecule has 6 nitrogen and oxygen atoms in total. The fraction of sp³-hybridized carbons (Fsp3) is 0.267. The molecule has 1 aromatic heterocycles. The quantitative estimate of drug-likeness (QED) is 0.160. The summed E-state index contributed by atoms with van der Waals surface area (Å²) in [5.41, 5.74) is 1.41. The summed E-state index contributed by atoms with van der Waals surface area (Å²) in [6.07, 6.45) is -2.20. The third-order valence-corrected chi connectivity index (χ3v) is 7.15. The summed E-state index contributed by atoms with van der Waals surface area (Å²) in [6, 6.07) is 10.7. The molecule has 42 heavy (non-hydrogen) atoms. The molecule has 0 saturated carbocycles. The molecule has 0 fully saturated rings. The van der Waals surface area contributed by atoms with Crippen LogP contribution in [0.1, 0.15) is 65.6 Å². The van der Waals surface area contributed by atoms with Crippen LogP contribution in [0.15, 0.2) is 60.8 Å². The van der Waals surface area contributed by atoms with Gasteiger partial charge in [0.1, 0.15) is 23.4 Å². The molecule has 1 amide bonds. The Labute approximate surface area is 242 Å². The highest BCUT2D eigenvalue weighted by atomic mass is 35.5. The predicted molar refractivity (Wildman–Crippen MR) is 147 cm³/mol. The van der Waals surface area contributed by atoms with E-state index in [0.29, 0.717) is 34.9 Å². The van der Waals surface area contributed by atoms with Crippen LogP contribution in [0.5, 0.6) is 5.75 Å². The Bertz CT molecular complexity index is 1600. The van der Waals surface area contributed by atoms with E-state index in [1.807, 2.05) is 6.92 Å². The summed E-state index contributed by atoms with van der Waals surface area (Å²) in [6.45, 7) is 3.15. The summed E-state index contributed by atoms with van der Waals surface area (Å²) in [7, 11) is 0. The van der Waals surface area contributed by atoms with Crippen LogP contribution in [0.2, 0.25) is 5.02 Å². The average molecular weight is 609 g/mol. The molecule has 3 atom stereocenters. The van der Waals surface area contributed by atoms with Crippen molar-refractivity contribution in [3.8, 4) is 5.75 Å². The van der Waals surface area contributed by atoms with Crippen molar-refractivity contribution >= 4 is 34.4 Å². The van der Waals surface area contributed by atoms with Crippen molar-refractivity contribution < 1.29 is 41.4 Å². The number of fused-ring (bicyclic) bond motifs is 1. The number of alkyl halides is 3. The zero-order chi connectivity index (χ0) is 30.8. The fourth-order valence-electron chi connectivity index (χ4n) is 5.06. The SMILES string of the molecule is CCCC(c1ccc(C(=O)NC(C)C(=O)O)c(F)c1)C(c1ccc(OC(F)(F)F)cc1)c1c[nH]c2c(F)cc(Cl)cc12. The Kier molecular flexibility index (Phi) is 9.10. The van der Waals surface area contributed by atoms with Crippen LogP contribution in [0.4, 0.5) is 22.0 Å². The largest absolute Gasteiger partial charge is 0.573 e. The maximum Gasteiger partial charge on any atom is 0.573 e. The van der Waals surface area contributed by atoms with Crippen LogP contribution in [-0.4, -0.2) is 34.4 Å². The summed E-state index contributed by atoms with van der Waals surface area (Å²) < 4.78 is 72.5. The minimum atomic E-state index is -4.88. The lowest BCUT2D eigenvalue weighted by Gasteiger charge is -2.29. The van der Waals surface area contributed by atoms with E-state index in [2.05, 4.69) is 15.0 Å². The summed E-state index contributed by atoms with van der Waals surface area (Å²) >= 11 is 6.17. The molecule has 0 spiro atoms. The molecule has 222 valence electrons. The van der Waals surface area contributed by atoms with E-state index in [1.165, 1.54) is 43.3 Å². The van der Waals surface area contributed by atoms with E-state index < -0.39 is 53.5 Å². The highest BCUT2D eigenvalue weighted by molar-refractivity contribution is 6.31. The van der Waals surface area contributed by atoms with E-state index in [0.717, 1.165) is 6.07 Å². The molecule has 4 rings (SSSR count). The van der Waals surface area contributed by atoms with Crippen LogP contribution in [0.25, 0.3) is 10.9 Å². The van der Waals surface area contributed by atoms with Crippen LogP contribution in [0, 0.1) is 11.6 Å². The molecule has 0 aliphatic carbocycles. The molecule has 0 aliphatic rings. The van der Waals surface area contributed by atoms with Gasteiger partial charge in [0.15, 0.2) is 0 Å². The molecule has 0 radical (unpaired) electrons. The molecule has 3 aromatic carbocycles. The molecule has 0 bridgehead atoms. The standard InChI is InChI=1S/C30H26ClF5N2O4/c1-3-4-20(17-7-10-21(24(32)11-17)28(39)38-15(2)29(40)41)26(16-5-8-19(9-6-16)42-30(34,35)36)23-14-37-27-22(23)12-18(31)13-25(27)33/h5-15,20,26,37H,3-4H2,1-2H3,(H,38,39)(H,40,41). The van der Waals surface area contributed by atoms with Crippen LogP contribution < -0.4 is 10.1 Å². The zero-order valence-electron chi connectivity index (χ0n) is 22.4. The topological polar surface area (TPSA) is 91.4 Å². The van der Waals surface area contributed by atoms with Crippen LogP contribution >= 0.6 is 11.6 Å². The van der Waals surface area contributed by atoms with Crippen molar-refractivity contribution in [2.45, 2.75) is 50.9 Å². The van der Waals surface area contributed by atoms with Crippen molar-refractivity contribution in [2.24, 2.45) is 0 Å². The number of hydrogen-bond donors (Lipinski definition) is 3. The first-order chi connectivity index (χ1) is 19.8. The second-order valence-electron chi connectivity index (χ2n) is 9.82. The highest BCUT2D eigenvalue weighted by Crippen LogP contribution is 2.45. The van der Waals surface area contributed by atoms with Crippen molar-refractivity contribution in [1.29, 1.82) is 0 Å². The van der Waals surface area contributed by atoms with E-state index in [1.54, 1.807) is 18.3 Å². The Morgan fingerprint density at radius 2 is 1.69 bits per heavy atom. The molecule has 4 aromatic rings. The molecular formula is C30H26ClF5N2O4. The first-order valence-electron chi connectivity index (χ1n) is 12.9. The number of carboxylic acids is 1. The monoisotopic (exact) mass is 608 g/mol. The highest BCUT2D eigenvalue weighted by Gasteiger charge is 2.33. The van der Waals surface area contributed by atoms with Gasteiger partial charge in [0.25, 0.3) is 5.91 Å². The lowest BCUT2D eigenvalue weighted by molar-refractivity contribution is -0.274. The van der Waals surface area contributed by atoms with Gasteiger partial charge < -0.3 is 20.1 Å². The minimum absolute atomic E-state index is 0.137. The second-order valence-corrected chi connectivity index (χ2v) is 10.3. The first kappa shape index (κ1) is 30.8. The number of amides is 1. The number of aliphatic carboxylic acids is 1. The summed E-state index contributed by atoms with van der Waals surface area (Å²) in [5.74, 6) is -5.21. The van der Waals surface area contributed by atoms with Gasteiger partial charge in [0.2, 0.25) is 0 Å². The van der Waals surface area contributed by atoms with E-state index in [9.17, 15) is 27.2 Å². The van der Waals surface area contributed by atoms with Gasteiger partial charge in [-0.3, -0.25) is 9.59 Å². The van der Waals surface area contributed by atoms with Crippen molar-refractivity contribution in [2.75, 3.05) is 0 Å². The van der Waals surface area contributed by atoms with Gasteiger partial charge in [-0.15, -0.1) is 13.2 Å². The third-order valence-electron chi connectivity index (χ3n) is 6.93. The number of carbonyl (C=O) groups is 2. The van der Waals surface area contributed by atoms with Crippen molar-refractivity contribution in [3.05, 3.63) is 99.7 Å². The lowest BCUT2D eigenvalue weighted by atomic mass is 9.75. The normalized spacial score (nSPS) is 13.9. The Morgan fingerprint density at radius 1 is 1.02 bits per heavy atom. The fourth-order valence-corrected chi connectivity index (χ4v) is 5.26. The number of ether oxygens (including phenoxy) is 1. The number of aromatic nitrogens is 1. The maximum atomic E-state index is 15.3. The number of halogens is 6. The summed E-state index contributed by atoms with van der Waals surface area (Å²) in [4.78, 5) is 26.5. The Morgan fingerprint density at radius 3 is 2.29 bits per heavy atom. The van der Waals surface area contributed by atoms with Crippen LogP contribution in [-0.2, 0) is 4.79 Å². The molecule has 3 unspecified atom stereocenters. The smallest absolute Gasteiger partial charge is 0.480 e. The van der Waals surface area contributed by atoms with Crippen LogP contribution in [0.3, 0.4) is 0 Å². The van der Waals surface area contributed by atoms with Gasteiger partial charge in [0, 0.05) is 22.5 Å². The van der Waals surface area contributed by atoms with Crippen molar-refractivity contribution in [3.63, 3.8) is 0 Å². The average Bonchev–Trinajstić information content (AvgIpc) is 3.32. The van der Waals surface area contributed by atoms with Gasteiger partial charge in [-0.05, 0) is 72.4 Å². The lowest BCUT2D eigenvalue weighted by Crippen LogP contribution is -2.38. The number of aromatic amines is 1. The molecular weight excluding hydrogens is 583 g/mol. The minimum Gasteiger partial charge on any atom is -0.480 e. The number of hydrogen-bond acceptors (Lipinski definition) is 3. The molecule has 0 saturated heterocycles. The predicted octanol–water partition coefficient (Wildman–Crippen LogP) is 7.92. The Balaban J connectivity index is 1.84. The third kappa shape index (κ3) is 6.84. The van der Waals surface area contributed by atoms with Gasteiger partial charge in [-0.25, -0.2) is 8.78 Å². The number of carbonyl (C=O) groups excluding carboxylic acids is 1. The van der Waals surface area contributed by atoms with Gasteiger partial charge in [-0.2, -0.15) is 0 Å². The van der Waals surface area contributed by atoms with E-state index >= 15 is 4.39 Å². The summed E-state index contributed by atoms with van der Waals surface area (Å²) in [5, 5.41) is 11.9. The first-order valence-corrected chi connectivity index (χ1v) is 13.3. The number of benzene rings is 3. The Hall–Kier alpha value is -4.12. The molecule has 0 aliphatic heterocycles. The van der Waals surface area contributed by atoms with E-state index in [-0.39, 0.29) is 16.1 Å². The number of H-pyrrole nitrogens is 1. The zero-order valence-corrected chi connectivity index (χ0v) is 23.1. The van der Waals surface area contributed by atoms with E-state index in [4.69, 9.17) is 16.7 Å². The number of rotatable bonds is 10. The maximum absolute atomic E-state index is 15.3. The van der Waals surface area contributed by atoms with Crippen molar-refractivity contribution in [1.82, 2.24) is 10.3 Å². The van der Waals surface area contributed by atoms with Gasteiger partial charge in [-0.1, -0.05) is 43.1 Å². The molecule has 1 heterocycles. The van der Waals surface area contributed by atoms with Gasteiger partial charge in [0.05, 0.1) is 11.1 Å². The molecule has 12 heteroatoms. The number of nitrogens with one attached hydrogen (secondary N) is 2. The second kappa shape index (κ2) is 12.4.